The Hall–Kier alpha value is -1.01. The van der Waals surface area contributed by atoms with Crippen molar-refractivity contribution >= 4 is 33.2 Å². The van der Waals surface area contributed by atoms with Gasteiger partial charge in [0.05, 0.1) is 28.6 Å². The topological polar surface area (TPSA) is 59.3 Å². The van der Waals surface area contributed by atoms with Gasteiger partial charge in [-0.15, -0.1) is 0 Å². The monoisotopic (exact) mass is 319 g/mol. The molecule has 1 aromatic carbocycles. The van der Waals surface area contributed by atoms with Crippen LogP contribution in [0.5, 0.6) is 0 Å². The maximum atomic E-state index is 11.9. The van der Waals surface area contributed by atoms with E-state index >= 15 is 0 Å². The molecule has 0 spiro atoms. The molecule has 7 heteroatoms. The molecule has 1 N–H and O–H groups in total. The summed E-state index contributed by atoms with van der Waals surface area (Å²) in [5.74, 6) is 0.391. The third-order valence-electron chi connectivity index (χ3n) is 2.39. The van der Waals surface area contributed by atoms with Gasteiger partial charge in [-0.25, -0.2) is 13.1 Å². The summed E-state index contributed by atoms with van der Waals surface area (Å²) >= 11 is 11.6. The molecule has 0 unspecified atom stereocenters. The van der Waals surface area contributed by atoms with Crippen molar-refractivity contribution in [3.05, 3.63) is 58.0 Å². The van der Waals surface area contributed by atoms with E-state index in [1.807, 2.05) is 0 Å². The molecule has 0 aliphatic carbocycles. The van der Waals surface area contributed by atoms with Crippen LogP contribution in [0.1, 0.15) is 11.3 Å². The van der Waals surface area contributed by atoms with Crippen molar-refractivity contribution in [1.82, 2.24) is 4.72 Å². The maximum absolute atomic E-state index is 11.9. The molecule has 0 bridgehead atoms. The largest absolute Gasteiger partial charge is 0.468 e. The van der Waals surface area contributed by atoms with Gasteiger partial charge < -0.3 is 4.42 Å². The summed E-state index contributed by atoms with van der Waals surface area (Å²) < 4.78 is 31.2. The van der Waals surface area contributed by atoms with Gasteiger partial charge in [-0.05, 0) is 29.8 Å². The van der Waals surface area contributed by atoms with Crippen LogP contribution in [-0.4, -0.2) is 8.42 Å². The molecule has 0 fully saturated rings. The lowest BCUT2D eigenvalue weighted by molar-refractivity contribution is 0.498. The normalized spacial score (nSPS) is 11.7. The first-order valence-corrected chi connectivity index (χ1v) is 7.81. The second-order valence-electron chi connectivity index (χ2n) is 3.91. The summed E-state index contributed by atoms with van der Waals surface area (Å²) in [6.07, 6.45) is 1.49. The van der Waals surface area contributed by atoms with E-state index in [1.54, 1.807) is 24.3 Å². The molecule has 19 heavy (non-hydrogen) atoms. The van der Waals surface area contributed by atoms with Gasteiger partial charge in [0, 0.05) is 0 Å². The number of rotatable bonds is 5. The summed E-state index contributed by atoms with van der Waals surface area (Å²) in [5.41, 5.74) is 0.571. The van der Waals surface area contributed by atoms with Gasteiger partial charge in [-0.2, -0.15) is 0 Å². The molecule has 4 nitrogen and oxygen atoms in total. The highest BCUT2D eigenvalue weighted by molar-refractivity contribution is 7.88. The van der Waals surface area contributed by atoms with Crippen molar-refractivity contribution in [2.75, 3.05) is 0 Å². The van der Waals surface area contributed by atoms with Crippen LogP contribution in [0.15, 0.2) is 41.0 Å². The average Bonchev–Trinajstić information content (AvgIpc) is 2.84. The van der Waals surface area contributed by atoms with Crippen molar-refractivity contribution in [2.45, 2.75) is 12.3 Å². The molecule has 0 atom stereocenters. The first-order valence-electron chi connectivity index (χ1n) is 5.40. The number of sulfonamides is 1. The van der Waals surface area contributed by atoms with E-state index in [1.165, 1.54) is 12.3 Å². The standard InChI is InChI=1S/C12H11Cl2NO3S/c13-11-4-3-9(6-12(11)14)8-19(16,17)15-7-10-2-1-5-18-10/h1-6,15H,7-8H2. The number of halogens is 2. The molecule has 1 aromatic heterocycles. The Morgan fingerprint density at radius 3 is 2.58 bits per heavy atom. The maximum Gasteiger partial charge on any atom is 0.216 e. The Morgan fingerprint density at radius 2 is 1.95 bits per heavy atom. The lowest BCUT2D eigenvalue weighted by Crippen LogP contribution is -2.24. The molecule has 2 rings (SSSR count). The van der Waals surface area contributed by atoms with Gasteiger partial charge in [0.15, 0.2) is 0 Å². The van der Waals surface area contributed by atoms with E-state index < -0.39 is 10.0 Å². The SMILES string of the molecule is O=S(=O)(Cc1ccc(Cl)c(Cl)c1)NCc1ccco1. The highest BCUT2D eigenvalue weighted by Gasteiger charge is 2.13. The molecule has 2 aromatic rings. The second-order valence-corrected chi connectivity index (χ2v) is 6.53. The smallest absolute Gasteiger partial charge is 0.216 e. The fraction of sp³-hybridized carbons (Fsp3) is 0.167. The fourth-order valence-corrected chi connectivity index (χ4v) is 2.90. The lowest BCUT2D eigenvalue weighted by atomic mass is 10.2. The van der Waals surface area contributed by atoms with Gasteiger partial charge >= 0.3 is 0 Å². The third kappa shape index (κ3) is 4.24. The van der Waals surface area contributed by atoms with Crippen molar-refractivity contribution in [2.24, 2.45) is 0 Å². The summed E-state index contributed by atoms with van der Waals surface area (Å²) in [6.45, 7) is 0.122. The minimum Gasteiger partial charge on any atom is -0.468 e. The van der Waals surface area contributed by atoms with E-state index in [9.17, 15) is 8.42 Å². The van der Waals surface area contributed by atoms with E-state index in [2.05, 4.69) is 4.72 Å². The van der Waals surface area contributed by atoms with Crippen LogP contribution in [0.2, 0.25) is 10.0 Å². The van der Waals surface area contributed by atoms with Crippen molar-refractivity contribution in [3.63, 3.8) is 0 Å². The van der Waals surface area contributed by atoms with Crippen LogP contribution in [0.4, 0.5) is 0 Å². The van der Waals surface area contributed by atoms with E-state index in [4.69, 9.17) is 27.6 Å². The van der Waals surface area contributed by atoms with Crippen molar-refractivity contribution in [1.29, 1.82) is 0 Å². The van der Waals surface area contributed by atoms with Crippen molar-refractivity contribution < 1.29 is 12.8 Å². The molecule has 0 aliphatic heterocycles. The molecule has 0 amide bonds. The fourth-order valence-electron chi connectivity index (χ4n) is 1.49. The quantitative estimate of drug-likeness (QED) is 0.920. The summed E-state index contributed by atoms with van der Waals surface area (Å²) in [6, 6.07) is 8.13. The van der Waals surface area contributed by atoms with Crippen LogP contribution in [0, 0.1) is 0 Å². The molecular weight excluding hydrogens is 309 g/mol. The summed E-state index contributed by atoms with van der Waals surface area (Å²) in [5, 5.41) is 0.728. The van der Waals surface area contributed by atoms with Gasteiger partial charge in [-0.1, -0.05) is 29.3 Å². The third-order valence-corrected chi connectivity index (χ3v) is 4.42. The van der Waals surface area contributed by atoms with Crippen LogP contribution < -0.4 is 4.72 Å². The second kappa shape index (κ2) is 5.96. The average molecular weight is 320 g/mol. The molecule has 102 valence electrons. The Bertz CT molecular complexity index is 654. The van der Waals surface area contributed by atoms with E-state index in [0.717, 1.165) is 0 Å². The lowest BCUT2D eigenvalue weighted by Gasteiger charge is -2.06. The summed E-state index contributed by atoms with van der Waals surface area (Å²) in [4.78, 5) is 0. The summed E-state index contributed by atoms with van der Waals surface area (Å²) in [7, 11) is -3.45. The van der Waals surface area contributed by atoms with Crippen molar-refractivity contribution in [3.8, 4) is 0 Å². The first kappa shape index (κ1) is 14.4. The minimum absolute atomic E-state index is 0.122. The molecule has 1 heterocycles. The Morgan fingerprint density at radius 1 is 1.16 bits per heavy atom. The predicted molar refractivity (Wildman–Crippen MR) is 74.6 cm³/mol. The molecular formula is C12H11Cl2NO3S. The van der Waals surface area contributed by atoms with E-state index in [-0.39, 0.29) is 12.3 Å². The highest BCUT2D eigenvalue weighted by Crippen LogP contribution is 2.23. The molecule has 0 aliphatic rings. The zero-order chi connectivity index (χ0) is 13.9. The number of hydrogen-bond acceptors (Lipinski definition) is 3. The number of furan rings is 1. The Balaban J connectivity index is 2.02. The molecule has 0 radical (unpaired) electrons. The van der Waals surface area contributed by atoms with Gasteiger partial charge in [-0.3, -0.25) is 0 Å². The highest BCUT2D eigenvalue weighted by atomic mass is 35.5. The van der Waals surface area contributed by atoms with Crippen LogP contribution in [-0.2, 0) is 22.3 Å². The number of nitrogens with one attached hydrogen (secondary N) is 1. The predicted octanol–water partition coefficient (Wildman–Crippen LogP) is 3.21. The van der Waals surface area contributed by atoms with Gasteiger partial charge in [0.2, 0.25) is 10.0 Å². The van der Waals surface area contributed by atoms with Crippen LogP contribution in [0.25, 0.3) is 0 Å². The molecule has 0 saturated heterocycles. The van der Waals surface area contributed by atoms with Crippen LogP contribution >= 0.6 is 23.2 Å². The number of benzene rings is 1. The Kier molecular flexibility index (Phi) is 4.52. The van der Waals surface area contributed by atoms with E-state index in [0.29, 0.717) is 21.4 Å². The van der Waals surface area contributed by atoms with Crippen LogP contribution in [0.3, 0.4) is 0 Å². The Labute approximate surface area is 121 Å². The van der Waals surface area contributed by atoms with Gasteiger partial charge in [0.1, 0.15) is 5.76 Å². The first-order chi connectivity index (χ1) is 8.96. The minimum atomic E-state index is -3.45. The zero-order valence-corrected chi connectivity index (χ0v) is 12.1. The van der Waals surface area contributed by atoms with Gasteiger partial charge in [0.25, 0.3) is 0 Å². The zero-order valence-electron chi connectivity index (χ0n) is 9.77. The number of hydrogen-bond donors (Lipinski definition) is 1. The molecule has 0 saturated carbocycles.